The van der Waals surface area contributed by atoms with E-state index in [1.165, 1.54) is 17.2 Å². The Kier molecular flexibility index (Phi) is 16.5. The van der Waals surface area contributed by atoms with Gasteiger partial charge in [0.25, 0.3) is 0 Å². The van der Waals surface area contributed by atoms with Gasteiger partial charge in [0.1, 0.15) is 17.2 Å². The van der Waals surface area contributed by atoms with Gasteiger partial charge in [-0.1, -0.05) is 24.1 Å². The van der Waals surface area contributed by atoms with Gasteiger partial charge in [0, 0.05) is 47.4 Å². The minimum Gasteiger partial charge on any atom is -0.493 e. The van der Waals surface area contributed by atoms with Crippen molar-refractivity contribution in [3.8, 4) is 23.0 Å². The Morgan fingerprint density at radius 3 is 2.46 bits per heavy atom. The smallest absolute Gasteiger partial charge is 0.343 e. The molecule has 18 heteroatoms. The highest BCUT2D eigenvalue weighted by Crippen LogP contribution is 2.63. The van der Waals surface area contributed by atoms with Crippen LogP contribution in [0.1, 0.15) is 106 Å². The zero-order valence-corrected chi connectivity index (χ0v) is 41.7. The number of carboxylic acid groups (broad SMARTS) is 1. The number of ketones is 1. The number of piperidine rings is 1. The predicted octanol–water partition coefficient (Wildman–Crippen LogP) is 6.66. The van der Waals surface area contributed by atoms with Crippen molar-refractivity contribution in [3.63, 3.8) is 0 Å². The standard InChI is InChI=1S/C54H68N8O10/c1-35-44(36(2)58-57-35)9-8-24-70-43-30-39(52(64)65)29-42(32-43)69-23-7-5-4-6-19-55-20-25-67-27-28-68-26-22-62-34-41(59-60-62)33-56-40-13-10-37(11-14-40)53(66)71-48-17-12-38-31-46-45-15-16-47(63)51-54(45,18-21-61(46)3)49(38)50(48)72-51/h10-14,17,29-30,32,34,45-46,51,55-56H,4-9,15-16,18-28,31,33H2,1-3H3,(H,57,58)(H,64,65)/t45?,46?,51-,54-/m0/s1. The number of benzene rings is 3. The number of aromatic nitrogens is 5. The molecule has 4 N–H and O–H groups in total. The van der Waals surface area contributed by atoms with Gasteiger partial charge in [-0.2, -0.15) is 5.10 Å². The number of aryl methyl sites for hydroxylation is 2. The fourth-order valence-electron chi connectivity index (χ4n) is 11.1. The van der Waals surface area contributed by atoms with E-state index in [2.05, 4.69) is 49.2 Å². The number of carbonyl (C=O) groups excluding carboxylic acids is 2. The molecule has 2 aromatic heterocycles. The third-order valence-corrected chi connectivity index (χ3v) is 14.8. The van der Waals surface area contributed by atoms with E-state index in [1.807, 2.05) is 38.2 Å². The number of likely N-dealkylation sites (tertiary alicyclic amines) is 1. The molecule has 2 fully saturated rings. The Morgan fingerprint density at radius 2 is 1.68 bits per heavy atom. The van der Waals surface area contributed by atoms with Gasteiger partial charge in [0.15, 0.2) is 23.4 Å². The Labute approximate surface area is 420 Å². The highest BCUT2D eigenvalue weighted by molar-refractivity contribution is 5.93. The van der Waals surface area contributed by atoms with E-state index >= 15 is 0 Å². The second-order valence-electron chi connectivity index (χ2n) is 19.5. The molecule has 72 heavy (non-hydrogen) atoms. The first-order valence-corrected chi connectivity index (χ1v) is 25.6. The largest absolute Gasteiger partial charge is 0.493 e. The predicted molar refractivity (Wildman–Crippen MR) is 268 cm³/mol. The summed E-state index contributed by atoms with van der Waals surface area (Å²) in [4.78, 5) is 40.8. The molecule has 2 bridgehead atoms. The van der Waals surface area contributed by atoms with Gasteiger partial charge in [-0.25, -0.2) is 14.3 Å². The molecule has 1 saturated heterocycles. The third kappa shape index (κ3) is 11.6. The number of aromatic carboxylic acids is 1. The quantitative estimate of drug-likeness (QED) is 0.0234. The van der Waals surface area contributed by atoms with Crippen molar-refractivity contribution < 1.29 is 47.9 Å². The minimum atomic E-state index is -1.02. The zero-order chi connectivity index (χ0) is 50.0. The zero-order valence-electron chi connectivity index (χ0n) is 41.7. The number of anilines is 1. The van der Waals surface area contributed by atoms with Crippen molar-refractivity contribution in [3.05, 3.63) is 106 Å². The molecule has 9 rings (SSSR count). The SMILES string of the molecule is Cc1n[nH]c(C)c1CCCOc1cc(OCCCCCCNCCOCCOCCn2cc(CNc3ccc(C(=O)Oc4ccc5c6c4O[C@H]4C(=O)CCC7C(C5)N(C)CC[C@@]674)cc3)nn2)cc(C(=O)O)c1. The first-order valence-electron chi connectivity index (χ1n) is 25.6. The van der Waals surface area contributed by atoms with Gasteiger partial charge in [-0.15, -0.1) is 5.10 Å². The molecular weight excluding hydrogens is 921 g/mol. The fraction of sp³-hybridized carbons (Fsp3) is 0.519. The molecule has 4 heterocycles. The number of unbranched alkanes of at least 4 members (excludes halogenated alkanes) is 3. The Hall–Kier alpha value is -6.34. The van der Waals surface area contributed by atoms with Crippen LogP contribution >= 0.6 is 0 Å². The molecule has 0 amide bonds. The van der Waals surface area contributed by atoms with Crippen molar-refractivity contribution >= 4 is 23.4 Å². The number of carboxylic acids is 1. The number of nitrogens with one attached hydrogen (secondary N) is 3. The van der Waals surface area contributed by atoms with Crippen LogP contribution in [0.3, 0.4) is 0 Å². The lowest BCUT2D eigenvalue weighted by Crippen LogP contribution is -2.65. The number of hydrogen-bond acceptors (Lipinski definition) is 15. The summed E-state index contributed by atoms with van der Waals surface area (Å²) in [7, 11) is 2.19. The maximum Gasteiger partial charge on any atom is 0.343 e. The van der Waals surface area contributed by atoms with Gasteiger partial charge in [-0.05, 0) is 138 Å². The van der Waals surface area contributed by atoms with Gasteiger partial charge in [-0.3, -0.25) is 9.89 Å². The van der Waals surface area contributed by atoms with Crippen LogP contribution in [-0.4, -0.2) is 131 Å². The molecule has 2 aliphatic heterocycles. The molecule has 18 nitrogen and oxygen atoms in total. The number of esters is 1. The average Bonchev–Trinajstić information content (AvgIpc) is 4.09. The monoisotopic (exact) mass is 989 g/mol. The number of ether oxygens (including phenoxy) is 6. The molecule has 3 aromatic carbocycles. The summed E-state index contributed by atoms with van der Waals surface area (Å²) in [5.41, 5.74) is 7.35. The average molecular weight is 989 g/mol. The van der Waals surface area contributed by atoms with Crippen LogP contribution in [0.2, 0.25) is 0 Å². The number of nitrogens with zero attached hydrogens (tertiary/aromatic N) is 5. The lowest BCUT2D eigenvalue weighted by atomic mass is 9.52. The number of H-pyrrole nitrogens is 1. The van der Waals surface area contributed by atoms with Crippen LogP contribution in [0.15, 0.2) is 60.8 Å². The molecule has 0 radical (unpaired) electrons. The third-order valence-electron chi connectivity index (χ3n) is 14.8. The molecule has 4 aliphatic rings. The van der Waals surface area contributed by atoms with Gasteiger partial charge >= 0.3 is 11.9 Å². The maximum absolute atomic E-state index is 13.4. The van der Waals surface area contributed by atoms with Crippen LogP contribution in [-0.2, 0) is 45.6 Å². The van der Waals surface area contributed by atoms with Crippen molar-refractivity contribution in [2.45, 2.75) is 109 Å². The highest BCUT2D eigenvalue weighted by Gasteiger charge is 2.65. The normalized spacial score (nSPS) is 19.7. The molecule has 4 atom stereocenters. The van der Waals surface area contributed by atoms with Crippen molar-refractivity contribution in [1.29, 1.82) is 0 Å². The number of likely N-dealkylation sites (N-methyl/N-ethyl adjacent to an activating group) is 1. The van der Waals surface area contributed by atoms with Crippen molar-refractivity contribution in [2.75, 3.05) is 71.6 Å². The number of hydrogen-bond donors (Lipinski definition) is 4. The maximum atomic E-state index is 13.4. The molecular formula is C54H68N8O10. The number of rotatable bonds is 28. The van der Waals surface area contributed by atoms with Crippen molar-refractivity contribution in [2.24, 2.45) is 5.92 Å². The fourth-order valence-corrected chi connectivity index (χ4v) is 11.1. The van der Waals surface area contributed by atoms with Crippen LogP contribution in [0, 0.1) is 19.8 Å². The Balaban J connectivity index is 0.589. The van der Waals surface area contributed by atoms with E-state index < -0.39 is 18.0 Å². The molecule has 384 valence electrons. The first kappa shape index (κ1) is 50.6. The minimum absolute atomic E-state index is 0.142. The van der Waals surface area contributed by atoms with Crippen LogP contribution in [0.25, 0.3) is 0 Å². The van der Waals surface area contributed by atoms with Crippen LogP contribution in [0.5, 0.6) is 23.0 Å². The van der Waals surface area contributed by atoms with Gasteiger partial charge in [0.05, 0.1) is 75.7 Å². The topological polar surface area (TPSA) is 214 Å². The Bertz CT molecular complexity index is 2650. The molecule has 5 aromatic rings. The Morgan fingerprint density at radius 1 is 0.903 bits per heavy atom. The van der Waals surface area contributed by atoms with Crippen molar-refractivity contribution in [1.82, 2.24) is 35.4 Å². The highest BCUT2D eigenvalue weighted by atomic mass is 16.6. The van der Waals surface area contributed by atoms with E-state index in [1.54, 1.807) is 28.9 Å². The van der Waals surface area contributed by atoms with E-state index in [0.717, 1.165) is 106 Å². The van der Waals surface area contributed by atoms with Crippen LogP contribution < -0.4 is 29.6 Å². The summed E-state index contributed by atoms with van der Waals surface area (Å²) >= 11 is 0. The van der Waals surface area contributed by atoms with E-state index in [9.17, 15) is 19.5 Å². The molecule has 2 unspecified atom stereocenters. The number of carbonyl (C=O) groups is 3. The summed E-state index contributed by atoms with van der Waals surface area (Å²) in [6.07, 6.45) is 10.1. The van der Waals surface area contributed by atoms with E-state index in [0.29, 0.717) is 99.7 Å². The lowest BCUT2D eigenvalue weighted by molar-refractivity contribution is -0.138. The summed E-state index contributed by atoms with van der Waals surface area (Å²) < 4.78 is 37.5. The second-order valence-corrected chi connectivity index (χ2v) is 19.5. The number of aromatic amines is 1. The lowest BCUT2D eigenvalue weighted by Gasteiger charge is -2.57. The molecule has 1 spiro atoms. The summed E-state index contributed by atoms with van der Waals surface area (Å²) in [6, 6.07) is 16.2. The summed E-state index contributed by atoms with van der Waals surface area (Å²) in [5, 5.41) is 32.1. The molecule has 1 saturated carbocycles. The number of Topliss-reactive ketones (excluding diaryl/α,β-unsaturated/α-hetero) is 1. The van der Waals surface area contributed by atoms with Gasteiger partial charge < -0.3 is 49.1 Å². The summed E-state index contributed by atoms with van der Waals surface area (Å²) in [5.74, 6) is 0.957. The van der Waals surface area contributed by atoms with Crippen LogP contribution in [0.4, 0.5) is 5.69 Å². The van der Waals surface area contributed by atoms with Gasteiger partial charge in [0.2, 0.25) is 0 Å². The first-order chi connectivity index (χ1) is 35.1. The molecule has 2 aliphatic carbocycles. The van der Waals surface area contributed by atoms with E-state index in [-0.39, 0.29) is 16.8 Å². The summed E-state index contributed by atoms with van der Waals surface area (Å²) in [6.45, 7) is 10.6. The van der Waals surface area contributed by atoms with E-state index in [4.69, 9.17) is 28.4 Å². The second kappa shape index (κ2) is 23.5.